The van der Waals surface area contributed by atoms with E-state index in [2.05, 4.69) is 26.8 Å². The summed E-state index contributed by atoms with van der Waals surface area (Å²) in [5, 5.41) is 16.2. The van der Waals surface area contributed by atoms with Gasteiger partial charge in [-0.1, -0.05) is 25.8 Å². The lowest BCUT2D eigenvalue weighted by Gasteiger charge is -2.51. The summed E-state index contributed by atoms with van der Waals surface area (Å²) in [6.07, 6.45) is 4.34. The van der Waals surface area contributed by atoms with Gasteiger partial charge in [0.25, 0.3) is 5.91 Å². The Kier molecular flexibility index (Phi) is 4.90. The van der Waals surface area contributed by atoms with E-state index < -0.39 is 6.17 Å². The van der Waals surface area contributed by atoms with E-state index in [-0.39, 0.29) is 30.4 Å². The van der Waals surface area contributed by atoms with Crippen LogP contribution in [0.1, 0.15) is 44.6 Å². The quantitative estimate of drug-likeness (QED) is 0.826. The molecule has 8 nitrogen and oxygen atoms in total. The molecule has 0 aromatic heterocycles. The largest absolute Gasteiger partial charge is 0.325 e. The number of amidine groups is 1. The zero-order valence-corrected chi connectivity index (χ0v) is 15.9. The Morgan fingerprint density at radius 2 is 2.14 bits per heavy atom. The fraction of sp³-hybridized carbons (Fsp3) is 0.500. The molecule has 2 aliphatic heterocycles. The molecule has 28 heavy (non-hydrogen) atoms. The van der Waals surface area contributed by atoms with E-state index in [0.29, 0.717) is 11.3 Å². The van der Waals surface area contributed by atoms with Crippen molar-refractivity contribution in [3.63, 3.8) is 0 Å². The molecule has 1 aromatic rings. The SMILES string of the molecule is CCC1=NNC2C(=O)N(CC(=O)Nc3cccc(C#N)c3)C3CCCCC3N12. The van der Waals surface area contributed by atoms with E-state index in [1.807, 2.05) is 6.92 Å². The highest BCUT2D eigenvalue weighted by molar-refractivity contribution is 5.98. The number of hydrogen-bond donors (Lipinski definition) is 2. The number of nitriles is 1. The summed E-state index contributed by atoms with van der Waals surface area (Å²) in [5.74, 6) is 0.569. The summed E-state index contributed by atoms with van der Waals surface area (Å²) < 4.78 is 0. The molecule has 8 heteroatoms. The molecular weight excluding hydrogens is 356 g/mol. The van der Waals surface area contributed by atoms with E-state index in [9.17, 15) is 9.59 Å². The van der Waals surface area contributed by atoms with Crippen molar-refractivity contribution in [3.8, 4) is 6.07 Å². The van der Waals surface area contributed by atoms with E-state index >= 15 is 0 Å². The highest BCUT2D eigenvalue weighted by Gasteiger charge is 2.50. The zero-order valence-electron chi connectivity index (χ0n) is 15.9. The molecule has 3 aliphatic rings. The van der Waals surface area contributed by atoms with Gasteiger partial charge in [0.1, 0.15) is 12.4 Å². The monoisotopic (exact) mass is 380 g/mol. The third-order valence-electron chi connectivity index (χ3n) is 5.77. The second-order valence-corrected chi connectivity index (χ2v) is 7.45. The molecule has 2 fully saturated rings. The summed E-state index contributed by atoms with van der Waals surface area (Å²) in [6.45, 7) is 2.05. The highest BCUT2D eigenvalue weighted by atomic mass is 16.2. The molecule has 1 aliphatic carbocycles. The molecule has 2 amide bonds. The normalized spacial score (nSPS) is 25.9. The molecule has 1 saturated carbocycles. The maximum atomic E-state index is 13.1. The number of piperazine rings is 1. The fourth-order valence-corrected chi connectivity index (χ4v) is 4.54. The zero-order chi connectivity index (χ0) is 19.7. The maximum absolute atomic E-state index is 13.1. The Hall–Kier alpha value is -3.08. The van der Waals surface area contributed by atoms with Crippen molar-refractivity contribution < 1.29 is 9.59 Å². The first-order chi connectivity index (χ1) is 13.6. The number of nitrogens with zero attached hydrogens (tertiary/aromatic N) is 4. The second-order valence-electron chi connectivity index (χ2n) is 7.45. The van der Waals surface area contributed by atoms with Gasteiger partial charge in [0.2, 0.25) is 5.91 Å². The molecule has 2 N–H and O–H groups in total. The topological polar surface area (TPSA) is 101 Å². The van der Waals surface area contributed by atoms with E-state index in [1.165, 1.54) is 0 Å². The molecule has 0 bridgehead atoms. The molecule has 1 saturated heterocycles. The smallest absolute Gasteiger partial charge is 0.268 e. The van der Waals surface area contributed by atoms with Gasteiger partial charge < -0.3 is 15.1 Å². The number of nitrogens with one attached hydrogen (secondary N) is 2. The van der Waals surface area contributed by atoms with E-state index in [4.69, 9.17) is 5.26 Å². The van der Waals surface area contributed by atoms with Gasteiger partial charge in [-0.3, -0.25) is 15.0 Å². The number of amides is 2. The molecule has 3 unspecified atom stereocenters. The van der Waals surface area contributed by atoms with Crippen LogP contribution in [0.25, 0.3) is 0 Å². The van der Waals surface area contributed by atoms with Gasteiger partial charge in [-0.2, -0.15) is 10.4 Å². The minimum atomic E-state index is -0.510. The molecule has 146 valence electrons. The van der Waals surface area contributed by atoms with Crippen LogP contribution in [0.15, 0.2) is 29.4 Å². The first-order valence-electron chi connectivity index (χ1n) is 9.83. The molecule has 0 spiro atoms. The van der Waals surface area contributed by atoms with Crippen LogP contribution in [0.3, 0.4) is 0 Å². The van der Waals surface area contributed by atoms with Crippen molar-refractivity contribution in [1.29, 1.82) is 5.26 Å². The van der Waals surface area contributed by atoms with Crippen molar-refractivity contribution in [2.24, 2.45) is 5.10 Å². The number of hydrogen-bond acceptors (Lipinski definition) is 6. The van der Waals surface area contributed by atoms with Crippen molar-refractivity contribution in [2.45, 2.75) is 57.3 Å². The van der Waals surface area contributed by atoms with Gasteiger partial charge in [-0.25, -0.2) is 0 Å². The van der Waals surface area contributed by atoms with E-state index in [1.54, 1.807) is 29.2 Å². The van der Waals surface area contributed by atoms with Gasteiger partial charge >= 0.3 is 0 Å². The Morgan fingerprint density at radius 1 is 1.36 bits per heavy atom. The first-order valence-corrected chi connectivity index (χ1v) is 9.83. The van der Waals surface area contributed by atoms with Crippen LogP contribution < -0.4 is 10.7 Å². The minimum absolute atomic E-state index is 0.00423. The number of rotatable bonds is 4. The Morgan fingerprint density at radius 3 is 2.89 bits per heavy atom. The van der Waals surface area contributed by atoms with Crippen LogP contribution in [0.2, 0.25) is 0 Å². The average molecular weight is 380 g/mol. The summed E-state index contributed by atoms with van der Waals surface area (Å²) in [4.78, 5) is 29.7. The van der Waals surface area contributed by atoms with Crippen LogP contribution >= 0.6 is 0 Å². The molecule has 1 aromatic carbocycles. The molecule has 0 radical (unpaired) electrons. The fourth-order valence-electron chi connectivity index (χ4n) is 4.54. The van der Waals surface area contributed by atoms with Crippen molar-refractivity contribution >= 4 is 23.3 Å². The second kappa shape index (κ2) is 7.50. The number of carbonyl (C=O) groups excluding carboxylic acids is 2. The number of benzene rings is 1. The van der Waals surface area contributed by atoms with Crippen molar-refractivity contribution in [2.75, 3.05) is 11.9 Å². The lowest BCUT2D eigenvalue weighted by molar-refractivity contribution is -0.151. The first kappa shape index (κ1) is 18.3. The third kappa shape index (κ3) is 3.17. The molecular formula is C20H24N6O2. The van der Waals surface area contributed by atoms with Crippen LogP contribution in [-0.4, -0.2) is 52.2 Å². The average Bonchev–Trinajstić information content (AvgIpc) is 3.16. The maximum Gasteiger partial charge on any atom is 0.268 e. The van der Waals surface area contributed by atoms with Crippen molar-refractivity contribution in [1.82, 2.24) is 15.2 Å². The number of anilines is 1. The Balaban J connectivity index is 1.51. The summed E-state index contributed by atoms with van der Waals surface area (Å²) >= 11 is 0. The Bertz CT molecular complexity index is 860. The van der Waals surface area contributed by atoms with Crippen LogP contribution in [-0.2, 0) is 9.59 Å². The predicted octanol–water partition coefficient (Wildman–Crippen LogP) is 1.60. The number of hydrazone groups is 1. The molecule has 3 atom stereocenters. The lowest BCUT2D eigenvalue weighted by atomic mass is 9.85. The van der Waals surface area contributed by atoms with Crippen LogP contribution in [0, 0.1) is 11.3 Å². The lowest BCUT2D eigenvalue weighted by Crippen LogP contribution is -2.69. The van der Waals surface area contributed by atoms with Gasteiger partial charge in [-0.15, -0.1) is 0 Å². The van der Waals surface area contributed by atoms with Gasteiger partial charge in [0.15, 0.2) is 6.17 Å². The van der Waals surface area contributed by atoms with Crippen LogP contribution in [0.4, 0.5) is 5.69 Å². The highest BCUT2D eigenvalue weighted by Crippen LogP contribution is 2.34. The van der Waals surface area contributed by atoms with Gasteiger partial charge in [-0.05, 0) is 31.0 Å². The summed E-state index contributed by atoms with van der Waals surface area (Å²) in [6, 6.07) is 9.04. The Labute approximate surface area is 164 Å². The third-order valence-corrected chi connectivity index (χ3v) is 5.77. The molecule has 4 rings (SSSR count). The minimum Gasteiger partial charge on any atom is -0.325 e. The summed E-state index contributed by atoms with van der Waals surface area (Å²) in [7, 11) is 0. The molecule has 2 heterocycles. The standard InChI is InChI=1S/C20H24N6O2/c1-2-17-23-24-19-20(28)25(15-8-3-4-9-16(15)26(17)19)12-18(27)22-14-7-5-6-13(10-14)11-21/h5-7,10,15-16,19,24H,2-4,8-9,12H2,1H3,(H,22,27). The summed E-state index contributed by atoms with van der Waals surface area (Å²) in [5.41, 5.74) is 4.01. The van der Waals surface area contributed by atoms with E-state index in [0.717, 1.165) is 37.9 Å². The van der Waals surface area contributed by atoms with Crippen molar-refractivity contribution in [3.05, 3.63) is 29.8 Å². The van der Waals surface area contributed by atoms with Gasteiger partial charge in [0, 0.05) is 12.1 Å². The number of fused-ring (bicyclic) bond motifs is 3. The van der Waals surface area contributed by atoms with Crippen LogP contribution in [0.5, 0.6) is 0 Å². The number of carbonyl (C=O) groups is 2. The predicted molar refractivity (Wildman–Crippen MR) is 104 cm³/mol. The van der Waals surface area contributed by atoms with Gasteiger partial charge in [0.05, 0.1) is 23.7 Å².